The molecule has 2 aromatic rings. The molecule has 0 radical (unpaired) electrons. The molecule has 1 saturated heterocycles. The summed E-state index contributed by atoms with van der Waals surface area (Å²) in [6.07, 6.45) is 0.991. The number of aryl methyl sites for hydroxylation is 4. The van der Waals surface area contributed by atoms with Crippen LogP contribution in [-0.4, -0.2) is 24.2 Å². The second-order valence-electron chi connectivity index (χ2n) is 6.69. The van der Waals surface area contributed by atoms with Gasteiger partial charge in [-0.3, -0.25) is 0 Å². The lowest BCUT2D eigenvalue weighted by atomic mass is 10.1. The first-order chi connectivity index (χ1) is 12.0. The first-order valence-electron chi connectivity index (χ1n) is 8.92. The molecule has 1 aliphatic rings. The molecule has 5 heteroatoms. The fourth-order valence-electron chi connectivity index (χ4n) is 3.68. The van der Waals surface area contributed by atoms with E-state index in [0.29, 0.717) is 0 Å². The molecule has 0 amide bonds. The largest absolute Gasteiger partial charge is 0.302 e. The van der Waals surface area contributed by atoms with Gasteiger partial charge in [0.2, 0.25) is 0 Å². The third-order valence-electron chi connectivity index (χ3n) is 4.92. The van der Waals surface area contributed by atoms with Gasteiger partial charge in [0.25, 0.3) is 0 Å². The van der Waals surface area contributed by atoms with Crippen LogP contribution in [0.3, 0.4) is 0 Å². The summed E-state index contributed by atoms with van der Waals surface area (Å²) in [6.45, 7) is 13.2. The Morgan fingerprint density at radius 3 is 1.60 bits per heavy atom. The maximum atomic E-state index is 2.91. The average Bonchev–Trinajstić information content (AvgIpc) is 2.56. The molecule has 1 fully saturated rings. The van der Waals surface area contributed by atoms with Crippen LogP contribution in [0.5, 0.6) is 0 Å². The van der Waals surface area contributed by atoms with Crippen LogP contribution in [0.1, 0.15) is 29.2 Å². The van der Waals surface area contributed by atoms with Crippen LogP contribution < -0.4 is 9.34 Å². The van der Waals surface area contributed by atoms with Crippen LogP contribution in [0, 0.1) is 27.7 Å². The fraction of sp³-hybridized carbons (Fsp3) is 0.400. The number of anilines is 2. The Balaban J connectivity index is 2.03. The van der Waals surface area contributed by atoms with E-state index in [-0.39, 0.29) is 0 Å². The molecule has 3 nitrogen and oxygen atoms in total. The van der Waals surface area contributed by atoms with Gasteiger partial charge in [-0.05, 0) is 49.9 Å². The molecule has 1 atom stereocenters. The molecule has 134 valence electrons. The molecular weight excluding hydrogens is 344 g/mol. The fourth-order valence-corrected chi connectivity index (χ4v) is 6.92. The molecule has 3 rings (SSSR count). The van der Waals surface area contributed by atoms with Crippen LogP contribution in [0.4, 0.5) is 11.4 Å². The summed E-state index contributed by atoms with van der Waals surface area (Å²) in [6, 6.07) is 13.2. The van der Waals surface area contributed by atoms with Crippen LogP contribution in [0.25, 0.3) is 0 Å². The van der Waals surface area contributed by atoms with E-state index < -0.39 is 8.37 Å². The predicted molar refractivity (Wildman–Crippen MR) is 116 cm³/mol. The van der Waals surface area contributed by atoms with Crippen molar-refractivity contribution in [3.05, 3.63) is 58.7 Å². The molecule has 0 bridgehead atoms. The number of nitrogens with zero attached hydrogens (tertiary/aromatic N) is 3. The van der Waals surface area contributed by atoms with Gasteiger partial charge in [0, 0.05) is 12.8 Å². The van der Waals surface area contributed by atoms with Gasteiger partial charge in [-0.2, -0.15) is 0 Å². The summed E-state index contributed by atoms with van der Waals surface area (Å²) in [5.41, 5.74) is 8.30. The number of hydrogen-bond donors (Lipinski definition) is 0. The normalized spacial score (nSPS) is 15.0. The Bertz CT molecular complexity index is 661. The van der Waals surface area contributed by atoms with Gasteiger partial charge in [0.05, 0.1) is 11.4 Å². The highest BCUT2D eigenvalue weighted by molar-refractivity contribution is 7.61. The highest BCUT2D eigenvalue weighted by Gasteiger charge is 2.43. The molecule has 2 aromatic carbocycles. The van der Waals surface area contributed by atoms with Crippen molar-refractivity contribution in [2.45, 2.75) is 34.6 Å². The minimum atomic E-state index is -0.526. The second-order valence-corrected chi connectivity index (χ2v) is 9.13. The van der Waals surface area contributed by atoms with Crippen LogP contribution in [0.15, 0.2) is 36.4 Å². The number of rotatable bonds is 5. The summed E-state index contributed by atoms with van der Waals surface area (Å²) in [5, 5.41) is 0. The maximum Gasteiger partial charge on any atom is 0.182 e. The van der Waals surface area contributed by atoms with Crippen molar-refractivity contribution in [3.8, 4) is 0 Å². The van der Waals surface area contributed by atoms with E-state index in [1.807, 2.05) is 0 Å². The van der Waals surface area contributed by atoms with Gasteiger partial charge in [-0.1, -0.05) is 43.3 Å². The van der Waals surface area contributed by atoms with Crippen molar-refractivity contribution >= 4 is 29.0 Å². The highest BCUT2D eigenvalue weighted by atomic mass is 31.2. The second kappa shape index (κ2) is 7.62. The minimum Gasteiger partial charge on any atom is -0.302 e. The van der Waals surface area contributed by atoms with Gasteiger partial charge >= 0.3 is 0 Å². The van der Waals surface area contributed by atoms with Gasteiger partial charge in [0.1, 0.15) is 6.67 Å². The highest BCUT2D eigenvalue weighted by Crippen LogP contribution is 2.61. The van der Waals surface area contributed by atoms with E-state index >= 15 is 0 Å². The Morgan fingerprint density at radius 2 is 1.28 bits per heavy atom. The zero-order valence-corrected chi connectivity index (χ0v) is 18.0. The third-order valence-corrected chi connectivity index (χ3v) is 8.14. The molecule has 0 aromatic heterocycles. The smallest absolute Gasteiger partial charge is 0.182 e. The van der Waals surface area contributed by atoms with E-state index in [2.05, 4.69) is 94.3 Å². The summed E-state index contributed by atoms with van der Waals surface area (Å²) >= 11 is 0. The quantitative estimate of drug-likeness (QED) is 0.633. The van der Waals surface area contributed by atoms with Gasteiger partial charge < -0.3 is 9.34 Å². The summed E-state index contributed by atoms with van der Waals surface area (Å²) in [4.78, 5) is 0. The Morgan fingerprint density at radius 1 is 0.880 bits per heavy atom. The van der Waals surface area contributed by atoms with Crippen molar-refractivity contribution in [3.63, 3.8) is 0 Å². The monoisotopic (exact) mass is 373 g/mol. The summed E-state index contributed by atoms with van der Waals surface area (Å²) in [7, 11) is 2.39. The van der Waals surface area contributed by atoms with E-state index in [4.69, 9.17) is 0 Å². The molecular formula is C20H29N3P2. The lowest BCUT2D eigenvalue weighted by Gasteiger charge is -2.57. The lowest BCUT2D eigenvalue weighted by Crippen LogP contribution is -2.52. The Labute approximate surface area is 156 Å². The predicted octanol–water partition coefficient (Wildman–Crippen LogP) is 5.59. The third kappa shape index (κ3) is 3.31. The Hall–Kier alpha value is -1.14. The SMILES string of the molecule is CCN(CP)P1N(c2c(C)cccc2C)CN1c1c(C)cccc1C. The maximum absolute atomic E-state index is 2.91. The molecule has 25 heavy (non-hydrogen) atoms. The van der Waals surface area contributed by atoms with Gasteiger partial charge in [0.15, 0.2) is 8.37 Å². The van der Waals surface area contributed by atoms with E-state index in [9.17, 15) is 0 Å². The molecule has 0 aliphatic carbocycles. The molecule has 1 aliphatic heterocycles. The first kappa shape index (κ1) is 18.6. The van der Waals surface area contributed by atoms with Crippen LogP contribution >= 0.6 is 17.6 Å². The van der Waals surface area contributed by atoms with Gasteiger partial charge in [-0.25, -0.2) is 4.67 Å². The molecule has 1 heterocycles. The van der Waals surface area contributed by atoms with Crippen LogP contribution in [0.2, 0.25) is 0 Å². The van der Waals surface area contributed by atoms with E-state index in [1.54, 1.807) is 0 Å². The molecule has 1 unspecified atom stereocenters. The molecule has 0 spiro atoms. The van der Waals surface area contributed by atoms with Gasteiger partial charge in [-0.15, -0.1) is 9.24 Å². The zero-order valence-electron chi connectivity index (χ0n) is 16.0. The summed E-state index contributed by atoms with van der Waals surface area (Å²) < 4.78 is 7.79. The van der Waals surface area contributed by atoms with Crippen LogP contribution in [-0.2, 0) is 0 Å². The number of hydrogen-bond acceptors (Lipinski definition) is 3. The van der Waals surface area contributed by atoms with Crippen molar-refractivity contribution in [2.24, 2.45) is 0 Å². The summed E-state index contributed by atoms with van der Waals surface area (Å²) in [5.74, 6) is 0. The topological polar surface area (TPSA) is 9.72 Å². The zero-order chi connectivity index (χ0) is 18.1. The molecule has 0 N–H and O–H groups in total. The standard InChI is InChI=1S/C20H29N3P2/c1-6-21(14-24)25-22(19-15(2)9-7-10-16(19)3)13-23(25)20-17(4)11-8-12-18(20)5/h7-12H,6,13-14,24H2,1-5H3. The minimum absolute atomic E-state index is 0.526. The molecule has 0 saturated carbocycles. The Kier molecular flexibility index (Phi) is 5.68. The van der Waals surface area contributed by atoms with E-state index in [1.165, 1.54) is 33.6 Å². The average molecular weight is 373 g/mol. The van der Waals surface area contributed by atoms with Crippen molar-refractivity contribution in [1.82, 2.24) is 4.67 Å². The lowest BCUT2D eigenvalue weighted by molar-refractivity contribution is 0.541. The van der Waals surface area contributed by atoms with Crippen molar-refractivity contribution < 1.29 is 0 Å². The first-order valence-corrected chi connectivity index (χ1v) is 10.9. The van der Waals surface area contributed by atoms with Crippen molar-refractivity contribution in [2.75, 3.05) is 28.8 Å². The van der Waals surface area contributed by atoms with E-state index in [0.717, 1.165) is 19.5 Å². The van der Waals surface area contributed by atoms with Crippen molar-refractivity contribution in [1.29, 1.82) is 0 Å². The number of benzene rings is 2. The number of para-hydroxylation sites is 2.